The Bertz CT molecular complexity index is 770. The van der Waals surface area contributed by atoms with Crippen LogP contribution in [0.2, 0.25) is 0 Å². The summed E-state index contributed by atoms with van der Waals surface area (Å²) in [5, 5.41) is 11.1. The number of allylic oxidation sites excluding steroid dienone is 5. The molecule has 0 saturated carbocycles. The summed E-state index contributed by atoms with van der Waals surface area (Å²) in [6, 6.07) is 2.08. The summed E-state index contributed by atoms with van der Waals surface area (Å²) in [4.78, 5) is 12.2. The van der Waals surface area contributed by atoms with Gasteiger partial charge in [0.25, 0.3) is 0 Å². The molecule has 0 bridgehead atoms. The van der Waals surface area contributed by atoms with Crippen LogP contribution in [0.5, 0.6) is 0 Å². The lowest BCUT2D eigenvalue weighted by Gasteiger charge is -2.32. The topological polar surface area (TPSA) is 37.3 Å². The molecule has 2 rings (SSSR count). The Kier molecular flexibility index (Phi) is 6.23. The second-order valence-electron chi connectivity index (χ2n) is 7.45. The van der Waals surface area contributed by atoms with Gasteiger partial charge >= 0.3 is 5.97 Å². The van der Waals surface area contributed by atoms with Crippen LogP contribution in [0.15, 0.2) is 45.9 Å². The summed E-state index contributed by atoms with van der Waals surface area (Å²) in [6.45, 7) is 10.4. The quantitative estimate of drug-likeness (QED) is 0.469. The Balaban J connectivity index is 2.25. The second-order valence-corrected chi connectivity index (χ2v) is 8.40. The third kappa shape index (κ3) is 4.82. The van der Waals surface area contributed by atoms with Gasteiger partial charge in [-0.25, -0.2) is 4.79 Å². The zero-order valence-electron chi connectivity index (χ0n) is 15.8. The van der Waals surface area contributed by atoms with Crippen molar-refractivity contribution in [3.05, 3.63) is 56.3 Å². The predicted molar refractivity (Wildman–Crippen MR) is 109 cm³/mol. The molecule has 0 radical (unpaired) electrons. The molecule has 0 amide bonds. The smallest absolute Gasteiger partial charge is 0.331 e. The maximum Gasteiger partial charge on any atom is 0.331 e. The van der Waals surface area contributed by atoms with E-state index in [0.29, 0.717) is 5.57 Å². The fourth-order valence-corrected chi connectivity index (χ4v) is 4.06. The lowest BCUT2D eigenvalue weighted by molar-refractivity contribution is -0.132. The third-order valence-corrected chi connectivity index (χ3v) is 5.99. The number of carboxylic acid groups (broad SMARTS) is 1. The van der Waals surface area contributed by atoms with Crippen molar-refractivity contribution in [1.29, 1.82) is 0 Å². The van der Waals surface area contributed by atoms with Gasteiger partial charge in [0.2, 0.25) is 0 Å². The van der Waals surface area contributed by atoms with E-state index in [2.05, 4.69) is 44.4 Å². The molecule has 1 aromatic heterocycles. The molecule has 3 heteroatoms. The molecule has 0 spiro atoms. The first-order valence-corrected chi connectivity index (χ1v) is 9.65. The zero-order chi connectivity index (χ0) is 18.6. The number of hydrogen-bond acceptors (Lipinski definition) is 2. The minimum absolute atomic E-state index is 0.240. The van der Waals surface area contributed by atoms with Crippen LogP contribution in [0.25, 0.3) is 12.2 Å². The van der Waals surface area contributed by atoms with Gasteiger partial charge in [-0.15, -0.1) is 11.3 Å². The number of hydrogen-bond donors (Lipinski definition) is 1. The second kappa shape index (κ2) is 8.01. The average molecular weight is 357 g/mol. The highest BCUT2D eigenvalue weighted by Crippen LogP contribution is 2.41. The molecule has 0 aliphatic heterocycles. The lowest BCUT2D eigenvalue weighted by Crippen LogP contribution is -2.18. The first kappa shape index (κ1) is 19.5. The SMILES string of the molecule is CC(C=Cc1ccsc1C=CC1=C(C)CCCC1(C)C)=C(C)C(=O)O. The van der Waals surface area contributed by atoms with Gasteiger partial charge in [0.1, 0.15) is 0 Å². The molecule has 1 heterocycles. The molecule has 0 atom stereocenters. The Morgan fingerprint density at radius 3 is 2.60 bits per heavy atom. The number of carbonyl (C=O) groups is 1. The van der Waals surface area contributed by atoms with E-state index in [1.54, 1.807) is 18.3 Å². The van der Waals surface area contributed by atoms with E-state index in [0.717, 1.165) is 11.1 Å². The molecule has 0 fully saturated rings. The first-order chi connectivity index (χ1) is 11.7. The van der Waals surface area contributed by atoms with E-state index in [9.17, 15) is 4.79 Å². The molecular formula is C22H28O2S. The van der Waals surface area contributed by atoms with Crippen LogP contribution in [0.4, 0.5) is 0 Å². The molecule has 134 valence electrons. The maximum absolute atomic E-state index is 11.0. The van der Waals surface area contributed by atoms with E-state index < -0.39 is 5.97 Å². The predicted octanol–water partition coefficient (Wildman–Crippen LogP) is 6.72. The molecule has 1 aromatic rings. The molecule has 25 heavy (non-hydrogen) atoms. The number of carboxylic acids is 1. The van der Waals surface area contributed by atoms with Crippen LogP contribution >= 0.6 is 11.3 Å². The Morgan fingerprint density at radius 2 is 1.96 bits per heavy atom. The fraction of sp³-hybridized carbons (Fsp3) is 0.409. The van der Waals surface area contributed by atoms with Crippen molar-refractivity contribution < 1.29 is 9.90 Å². The van der Waals surface area contributed by atoms with Crippen molar-refractivity contribution >= 4 is 29.5 Å². The number of thiophene rings is 1. The highest BCUT2D eigenvalue weighted by Gasteiger charge is 2.26. The molecule has 1 aliphatic rings. The van der Waals surface area contributed by atoms with Crippen LogP contribution in [-0.2, 0) is 4.79 Å². The van der Waals surface area contributed by atoms with Gasteiger partial charge in [0.15, 0.2) is 0 Å². The summed E-state index contributed by atoms with van der Waals surface area (Å²) in [5.74, 6) is -0.866. The number of aliphatic carboxylic acids is 1. The minimum Gasteiger partial charge on any atom is -0.478 e. The monoisotopic (exact) mass is 356 g/mol. The largest absolute Gasteiger partial charge is 0.478 e. The van der Waals surface area contributed by atoms with Gasteiger partial charge in [0.05, 0.1) is 0 Å². The number of rotatable bonds is 5. The van der Waals surface area contributed by atoms with E-state index in [1.807, 2.05) is 19.1 Å². The van der Waals surface area contributed by atoms with Crippen molar-refractivity contribution in [3.8, 4) is 0 Å². The standard InChI is InChI=1S/C22H28O2S/c1-15(17(3)21(23)24)8-9-18-12-14-25-20(18)11-10-19-16(2)7-6-13-22(19,4)5/h8-12,14H,6-7,13H2,1-5H3,(H,23,24). The minimum atomic E-state index is -0.866. The average Bonchev–Trinajstić information content (AvgIpc) is 2.98. The van der Waals surface area contributed by atoms with Gasteiger partial charge in [-0.2, -0.15) is 0 Å². The summed E-state index contributed by atoms with van der Waals surface area (Å²) in [7, 11) is 0. The summed E-state index contributed by atoms with van der Waals surface area (Å²) < 4.78 is 0. The van der Waals surface area contributed by atoms with Crippen molar-refractivity contribution in [2.75, 3.05) is 0 Å². The Hall–Kier alpha value is -1.87. The van der Waals surface area contributed by atoms with Crippen molar-refractivity contribution in [1.82, 2.24) is 0 Å². The Labute approximate surface area is 155 Å². The summed E-state index contributed by atoms with van der Waals surface area (Å²) in [6.07, 6.45) is 12.1. The summed E-state index contributed by atoms with van der Waals surface area (Å²) >= 11 is 1.71. The molecule has 0 aromatic carbocycles. The van der Waals surface area contributed by atoms with Crippen LogP contribution in [0.3, 0.4) is 0 Å². The van der Waals surface area contributed by atoms with Crippen molar-refractivity contribution in [2.24, 2.45) is 5.41 Å². The molecule has 0 unspecified atom stereocenters. The lowest BCUT2D eigenvalue weighted by atomic mass is 9.72. The van der Waals surface area contributed by atoms with Crippen molar-refractivity contribution in [2.45, 2.75) is 53.9 Å². The normalized spacial score (nSPS) is 18.9. The van der Waals surface area contributed by atoms with Crippen LogP contribution in [-0.4, -0.2) is 11.1 Å². The van der Waals surface area contributed by atoms with Crippen molar-refractivity contribution in [3.63, 3.8) is 0 Å². The molecule has 0 saturated heterocycles. The first-order valence-electron chi connectivity index (χ1n) is 8.77. The molecule has 1 aliphatic carbocycles. The van der Waals surface area contributed by atoms with Gasteiger partial charge < -0.3 is 5.11 Å². The van der Waals surface area contributed by atoms with Crippen LogP contribution in [0, 0.1) is 5.41 Å². The van der Waals surface area contributed by atoms with E-state index in [-0.39, 0.29) is 5.41 Å². The molecular weight excluding hydrogens is 328 g/mol. The third-order valence-electron chi connectivity index (χ3n) is 5.10. The molecule has 1 N–H and O–H groups in total. The zero-order valence-corrected chi connectivity index (χ0v) is 16.7. The van der Waals surface area contributed by atoms with Gasteiger partial charge in [-0.3, -0.25) is 0 Å². The highest BCUT2D eigenvalue weighted by molar-refractivity contribution is 7.11. The van der Waals surface area contributed by atoms with Gasteiger partial charge in [-0.05, 0) is 79.7 Å². The van der Waals surface area contributed by atoms with Gasteiger partial charge in [-0.1, -0.05) is 37.6 Å². The van der Waals surface area contributed by atoms with E-state index in [1.165, 1.54) is 35.3 Å². The van der Waals surface area contributed by atoms with E-state index in [4.69, 9.17) is 5.11 Å². The fourth-order valence-electron chi connectivity index (χ4n) is 3.28. The maximum atomic E-state index is 11.0. The van der Waals surface area contributed by atoms with Crippen LogP contribution < -0.4 is 0 Å². The summed E-state index contributed by atoms with van der Waals surface area (Å²) in [5.41, 5.74) is 5.49. The van der Waals surface area contributed by atoms with Crippen LogP contribution in [0.1, 0.15) is 64.3 Å². The van der Waals surface area contributed by atoms with E-state index >= 15 is 0 Å². The highest BCUT2D eigenvalue weighted by atomic mass is 32.1. The Morgan fingerprint density at radius 1 is 1.24 bits per heavy atom. The van der Waals surface area contributed by atoms with Gasteiger partial charge in [0, 0.05) is 10.5 Å². The molecule has 2 nitrogen and oxygen atoms in total.